The number of ketones is 1. The number of nitrogen functional groups attached to an aromatic ring is 1. The molecule has 0 saturated heterocycles. The van der Waals surface area contributed by atoms with Crippen LogP contribution in [0.15, 0.2) is 30.3 Å². The number of hydrogen-bond acceptors (Lipinski definition) is 6. The molecule has 0 heterocycles. The second kappa shape index (κ2) is 13.6. The van der Waals surface area contributed by atoms with E-state index in [-0.39, 0.29) is 12.3 Å². The van der Waals surface area contributed by atoms with E-state index in [1.54, 1.807) is 0 Å². The summed E-state index contributed by atoms with van der Waals surface area (Å²) in [6.45, 7) is 0.545. The summed E-state index contributed by atoms with van der Waals surface area (Å²) in [5.74, 6) is -0.815. The zero-order chi connectivity index (χ0) is 17.5. The van der Waals surface area contributed by atoms with E-state index in [2.05, 4.69) is 22.7 Å². The number of thiol groups is 1. The van der Waals surface area contributed by atoms with Gasteiger partial charge in [0, 0.05) is 30.8 Å². The molecule has 0 saturated carbocycles. The lowest BCUT2D eigenvalue weighted by Gasteiger charge is -2.02. The van der Waals surface area contributed by atoms with Crippen LogP contribution in [-0.2, 0) is 19.1 Å². The van der Waals surface area contributed by atoms with Crippen LogP contribution in [-0.4, -0.2) is 37.1 Å². The van der Waals surface area contributed by atoms with Crippen LogP contribution in [0.2, 0.25) is 0 Å². The highest BCUT2D eigenvalue weighted by atomic mass is 32.1. The van der Waals surface area contributed by atoms with Gasteiger partial charge in [-0.15, -0.1) is 0 Å². The number of hydrogen-bond donors (Lipinski definition) is 3. The molecule has 0 aliphatic rings. The number of anilines is 1. The van der Waals surface area contributed by atoms with Crippen molar-refractivity contribution in [3.05, 3.63) is 30.3 Å². The molecule has 0 atom stereocenters. The number of benzene rings is 1. The van der Waals surface area contributed by atoms with Gasteiger partial charge in [0.1, 0.15) is 0 Å². The molecule has 0 fully saturated rings. The third-order valence-electron chi connectivity index (χ3n) is 2.70. The first-order valence-electron chi connectivity index (χ1n) is 7.30. The number of nitrogens with one attached hydrogen (secondary N) is 1. The van der Waals surface area contributed by atoms with Crippen LogP contribution in [0.5, 0.6) is 0 Å². The summed E-state index contributed by atoms with van der Waals surface area (Å²) in [6.07, 6.45) is 1.60. The monoisotopic (exact) mass is 340 g/mol. The average molecular weight is 340 g/mol. The van der Waals surface area contributed by atoms with Crippen molar-refractivity contribution in [2.24, 2.45) is 0 Å². The number of esters is 1. The Morgan fingerprint density at radius 1 is 1.13 bits per heavy atom. The van der Waals surface area contributed by atoms with Crippen LogP contribution < -0.4 is 11.1 Å². The van der Waals surface area contributed by atoms with Gasteiger partial charge in [0.05, 0.1) is 7.11 Å². The predicted molar refractivity (Wildman–Crippen MR) is 93.2 cm³/mol. The first-order chi connectivity index (χ1) is 11.0. The minimum absolute atomic E-state index is 0.0560. The van der Waals surface area contributed by atoms with Gasteiger partial charge >= 0.3 is 5.97 Å². The molecule has 0 bridgehead atoms. The van der Waals surface area contributed by atoms with Gasteiger partial charge < -0.3 is 15.8 Å². The number of unbranched alkanes of at least 4 members (excludes halogenated alkanes) is 1. The Hall–Kier alpha value is -2.02. The van der Waals surface area contributed by atoms with Crippen molar-refractivity contribution in [2.75, 3.05) is 25.1 Å². The number of ether oxygens (including phenoxy) is 1. The van der Waals surface area contributed by atoms with Gasteiger partial charge in [-0.25, -0.2) is 4.79 Å². The van der Waals surface area contributed by atoms with Crippen LogP contribution in [0.3, 0.4) is 0 Å². The number of rotatable bonds is 8. The molecule has 0 aliphatic carbocycles. The molecule has 0 spiro atoms. The maximum Gasteiger partial charge on any atom is 0.374 e. The van der Waals surface area contributed by atoms with Crippen molar-refractivity contribution in [2.45, 2.75) is 25.7 Å². The van der Waals surface area contributed by atoms with Gasteiger partial charge in [0.25, 0.3) is 0 Å². The van der Waals surface area contributed by atoms with Gasteiger partial charge in [0.15, 0.2) is 0 Å². The SMILES string of the molecule is COC(=O)C(=O)CCCCC(=O)NCCS.Nc1ccccc1. The van der Waals surface area contributed by atoms with E-state index in [0.717, 1.165) is 5.69 Å². The third kappa shape index (κ3) is 12.2. The highest BCUT2D eigenvalue weighted by molar-refractivity contribution is 7.80. The van der Waals surface area contributed by atoms with E-state index in [4.69, 9.17) is 5.73 Å². The number of Topliss-reactive ketones (excluding diaryl/α,β-unsaturated/α-hetero) is 1. The molecule has 128 valence electrons. The predicted octanol–water partition coefficient (Wildman–Crippen LogP) is 1.60. The topological polar surface area (TPSA) is 98.5 Å². The van der Waals surface area contributed by atoms with Crippen LogP contribution in [0.1, 0.15) is 25.7 Å². The van der Waals surface area contributed by atoms with Crippen molar-refractivity contribution in [1.82, 2.24) is 5.32 Å². The van der Waals surface area contributed by atoms with E-state index < -0.39 is 11.8 Å². The first-order valence-corrected chi connectivity index (χ1v) is 7.93. The molecule has 1 rings (SSSR count). The molecule has 1 aromatic carbocycles. The van der Waals surface area contributed by atoms with Crippen molar-refractivity contribution < 1.29 is 19.1 Å². The molecule has 1 amide bonds. The van der Waals surface area contributed by atoms with Crippen molar-refractivity contribution >= 4 is 36.0 Å². The summed E-state index contributed by atoms with van der Waals surface area (Å²) in [6, 6.07) is 9.49. The van der Waals surface area contributed by atoms with Crippen LogP contribution in [0, 0.1) is 0 Å². The molecule has 0 aliphatic heterocycles. The van der Waals surface area contributed by atoms with Gasteiger partial charge in [-0.3, -0.25) is 9.59 Å². The number of amides is 1. The fourth-order valence-corrected chi connectivity index (χ4v) is 1.64. The Morgan fingerprint density at radius 3 is 2.22 bits per heavy atom. The van der Waals surface area contributed by atoms with E-state index in [0.29, 0.717) is 31.6 Å². The Labute approximate surface area is 142 Å². The standard InChI is InChI=1S/C10H17NO4S.C6H7N/c1-15-10(14)8(12)4-2-3-5-9(13)11-6-7-16;7-6-4-2-1-3-5-6/h16H,2-7H2,1H3,(H,11,13);1-5H,7H2. The molecule has 0 unspecified atom stereocenters. The van der Waals surface area contributed by atoms with Gasteiger partial charge in [-0.05, 0) is 25.0 Å². The summed E-state index contributed by atoms with van der Waals surface area (Å²) in [5.41, 5.74) is 6.18. The summed E-state index contributed by atoms with van der Waals surface area (Å²) in [7, 11) is 1.17. The maximum atomic E-state index is 11.1. The molecule has 6 nitrogen and oxygen atoms in total. The molecule has 1 aromatic rings. The lowest BCUT2D eigenvalue weighted by atomic mass is 10.1. The van der Waals surface area contributed by atoms with E-state index in [1.165, 1.54) is 7.11 Å². The second-order valence-corrected chi connectivity index (χ2v) is 5.05. The fourth-order valence-electron chi connectivity index (χ4n) is 1.52. The molecule has 7 heteroatoms. The largest absolute Gasteiger partial charge is 0.463 e. The summed E-state index contributed by atoms with van der Waals surface area (Å²) < 4.78 is 4.27. The van der Waals surface area contributed by atoms with E-state index >= 15 is 0 Å². The van der Waals surface area contributed by atoms with E-state index in [1.807, 2.05) is 30.3 Å². The van der Waals surface area contributed by atoms with Crippen molar-refractivity contribution in [3.63, 3.8) is 0 Å². The summed E-state index contributed by atoms with van der Waals surface area (Å²) >= 11 is 3.95. The molecular formula is C16H24N2O4S. The molecule has 23 heavy (non-hydrogen) atoms. The average Bonchev–Trinajstić information content (AvgIpc) is 2.57. The maximum absolute atomic E-state index is 11.1. The number of para-hydroxylation sites is 1. The fraction of sp³-hybridized carbons (Fsp3) is 0.438. The molecule has 0 radical (unpaired) electrons. The van der Waals surface area contributed by atoms with Crippen LogP contribution in [0.4, 0.5) is 5.69 Å². The van der Waals surface area contributed by atoms with Crippen molar-refractivity contribution in [1.29, 1.82) is 0 Å². The zero-order valence-electron chi connectivity index (χ0n) is 13.3. The molecule has 3 N–H and O–H groups in total. The van der Waals surface area contributed by atoms with Crippen LogP contribution in [0.25, 0.3) is 0 Å². The Kier molecular flexibility index (Phi) is 12.4. The Bertz CT molecular complexity index is 480. The Morgan fingerprint density at radius 2 is 1.74 bits per heavy atom. The molecule has 0 aromatic heterocycles. The second-order valence-electron chi connectivity index (χ2n) is 4.61. The summed E-state index contributed by atoms with van der Waals surface area (Å²) in [5, 5.41) is 2.66. The first kappa shape index (κ1) is 21.0. The minimum atomic E-state index is -0.820. The Balaban J connectivity index is 0.000000568. The lowest BCUT2D eigenvalue weighted by Crippen LogP contribution is -2.24. The van der Waals surface area contributed by atoms with Crippen LogP contribution >= 0.6 is 12.6 Å². The third-order valence-corrected chi connectivity index (χ3v) is 2.93. The van der Waals surface area contributed by atoms with Gasteiger partial charge in [0.2, 0.25) is 11.7 Å². The quantitative estimate of drug-likeness (QED) is 0.219. The normalized spacial score (nSPS) is 9.30. The number of methoxy groups -OCH3 is 1. The van der Waals surface area contributed by atoms with Crippen molar-refractivity contribution in [3.8, 4) is 0 Å². The summed E-state index contributed by atoms with van der Waals surface area (Å²) in [4.78, 5) is 32.8. The smallest absolute Gasteiger partial charge is 0.374 e. The minimum Gasteiger partial charge on any atom is -0.463 e. The number of nitrogens with two attached hydrogens (primary N) is 1. The highest BCUT2D eigenvalue weighted by Gasteiger charge is 2.12. The number of carbonyl (C=O) groups excluding carboxylic acids is 3. The zero-order valence-corrected chi connectivity index (χ0v) is 14.2. The highest BCUT2D eigenvalue weighted by Crippen LogP contribution is 2.01. The van der Waals surface area contributed by atoms with Gasteiger partial charge in [-0.2, -0.15) is 12.6 Å². The lowest BCUT2D eigenvalue weighted by molar-refractivity contribution is -0.151. The number of carbonyl (C=O) groups is 3. The van der Waals surface area contributed by atoms with E-state index in [9.17, 15) is 14.4 Å². The van der Waals surface area contributed by atoms with Gasteiger partial charge in [-0.1, -0.05) is 18.2 Å². The molecular weight excluding hydrogens is 316 g/mol.